The quantitative estimate of drug-likeness (QED) is 0.449. The van der Waals surface area contributed by atoms with Crippen LogP contribution in [-0.2, 0) is 12.6 Å². The average molecular weight is 421 g/mol. The van der Waals surface area contributed by atoms with E-state index in [2.05, 4.69) is 15.3 Å². The third kappa shape index (κ3) is 5.17. The zero-order chi connectivity index (χ0) is 21.0. The van der Waals surface area contributed by atoms with Gasteiger partial charge in [0.2, 0.25) is 5.95 Å². The van der Waals surface area contributed by atoms with Gasteiger partial charge in [0, 0.05) is 23.7 Å². The van der Waals surface area contributed by atoms with Gasteiger partial charge in [-0.2, -0.15) is 18.2 Å². The fraction of sp³-hybridized carbons (Fsp3) is 0.238. The van der Waals surface area contributed by atoms with Gasteiger partial charge in [0.1, 0.15) is 11.4 Å². The van der Waals surface area contributed by atoms with Crippen LogP contribution in [0, 0.1) is 5.92 Å². The minimum atomic E-state index is -4.61. The molecule has 152 valence electrons. The highest BCUT2D eigenvalue weighted by Crippen LogP contribution is 2.37. The lowest BCUT2D eigenvalue weighted by Crippen LogP contribution is -2.15. The van der Waals surface area contributed by atoms with Gasteiger partial charge < -0.3 is 5.32 Å². The number of alkyl halides is 3. The van der Waals surface area contributed by atoms with E-state index in [-0.39, 0.29) is 11.8 Å². The van der Waals surface area contributed by atoms with Crippen molar-refractivity contribution in [3.8, 4) is 0 Å². The SMILES string of the molecule is CC(C)Cc1ccccc1Nc1nc(N(Cl)c2ccccc2)ncc1C(F)(F)F. The Morgan fingerprint density at radius 1 is 1.03 bits per heavy atom. The van der Waals surface area contributed by atoms with Gasteiger partial charge >= 0.3 is 6.18 Å². The van der Waals surface area contributed by atoms with Crippen molar-refractivity contribution in [2.75, 3.05) is 9.74 Å². The number of anilines is 4. The van der Waals surface area contributed by atoms with Crippen molar-refractivity contribution < 1.29 is 13.2 Å². The molecule has 1 N–H and O–H groups in total. The number of hydrogen-bond acceptors (Lipinski definition) is 4. The summed E-state index contributed by atoms with van der Waals surface area (Å²) in [6.07, 6.45) is -3.15. The van der Waals surface area contributed by atoms with E-state index >= 15 is 0 Å². The van der Waals surface area contributed by atoms with Crippen molar-refractivity contribution in [3.05, 3.63) is 71.9 Å². The van der Waals surface area contributed by atoms with Crippen LogP contribution in [0.5, 0.6) is 0 Å². The molecule has 2 aromatic carbocycles. The van der Waals surface area contributed by atoms with Crippen molar-refractivity contribution in [2.24, 2.45) is 5.92 Å². The molecule has 8 heteroatoms. The summed E-state index contributed by atoms with van der Waals surface area (Å²) in [6, 6.07) is 16.0. The summed E-state index contributed by atoms with van der Waals surface area (Å²) in [6.45, 7) is 4.10. The molecule has 0 saturated heterocycles. The largest absolute Gasteiger partial charge is 0.421 e. The van der Waals surface area contributed by atoms with E-state index in [0.717, 1.165) is 16.2 Å². The van der Waals surface area contributed by atoms with Crippen molar-refractivity contribution >= 4 is 34.9 Å². The monoisotopic (exact) mass is 420 g/mol. The van der Waals surface area contributed by atoms with Crippen LogP contribution in [0.4, 0.5) is 36.3 Å². The van der Waals surface area contributed by atoms with E-state index in [1.54, 1.807) is 42.5 Å². The molecule has 0 aliphatic heterocycles. The lowest BCUT2D eigenvalue weighted by atomic mass is 10.0. The lowest BCUT2D eigenvalue weighted by Gasteiger charge is -2.19. The lowest BCUT2D eigenvalue weighted by molar-refractivity contribution is -0.137. The Bertz CT molecular complexity index is 962. The molecule has 0 aliphatic rings. The Labute approximate surface area is 172 Å². The molecule has 0 saturated carbocycles. The second kappa shape index (κ2) is 8.69. The standard InChI is InChI=1S/C21H20ClF3N4/c1-14(2)12-15-8-6-7-11-18(15)27-19-17(21(23,24)25)13-26-20(28-19)29(22)16-9-4-3-5-10-16/h3-11,13-14H,12H2,1-2H3,(H,26,27,28). The molecule has 3 rings (SSSR count). The van der Waals surface area contributed by atoms with E-state index in [0.29, 0.717) is 23.7 Å². The Morgan fingerprint density at radius 2 is 1.69 bits per heavy atom. The van der Waals surface area contributed by atoms with Gasteiger partial charge in [0.05, 0.1) is 5.69 Å². The molecular weight excluding hydrogens is 401 g/mol. The Morgan fingerprint density at radius 3 is 2.34 bits per heavy atom. The number of hydrogen-bond donors (Lipinski definition) is 1. The molecule has 4 nitrogen and oxygen atoms in total. The van der Waals surface area contributed by atoms with Crippen molar-refractivity contribution in [1.82, 2.24) is 9.97 Å². The van der Waals surface area contributed by atoms with Gasteiger partial charge in [0.15, 0.2) is 0 Å². The Kier molecular flexibility index (Phi) is 6.27. The van der Waals surface area contributed by atoms with Crippen LogP contribution in [0.2, 0.25) is 0 Å². The number of benzene rings is 2. The molecule has 0 unspecified atom stereocenters. The zero-order valence-electron chi connectivity index (χ0n) is 15.9. The maximum absolute atomic E-state index is 13.6. The molecule has 0 amide bonds. The summed E-state index contributed by atoms with van der Waals surface area (Å²) >= 11 is 6.27. The predicted molar refractivity (Wildman–Crippen MR) is 110 cm³/mol. The molecule has 1 aromatic heterocycles. The van der Waals surface area contributed by atoms with Gasteiger partial charge in [-0.3, -0.25) is 0 Å². The van der Waals surface area contributed by atoms with Gasteiger partial charge in [-0.1, -0.05) is 50.2 Å². The highest BCUT2D eigenvalue weighted by molar-refractivity contribution is 6.28. The van der Waals surface area contributed by atoms with Gasteiger partial charge in [0.25, 0.3) is 0 Å². The van der Waals surface area contributed by atoms with E-state index in [9.17, 15) is 13.2 Å². The number of nitrogens with zero attached hydrogens (tertiary/aromatic N) is 3. The molecule has 0 radical (unpaired) electrons. The highest BCUT2D eigenvalue weighted by atomic mass is 35.5. The summed E-state index contributed by atoms with van der Waals surface area (Å²) in [4.78, 5) is 7.90. The van der Waals surface area contributed by atoms with Crippen molar-refractivity contribution in [1.29, 1.82) is 0 Å². The molecule has 0 spiro atoms. The third-order valence-corrected chi connectivity index (χ3v) is 4.48. The fourth-order valence-electron chi connectivity index (χ4n) is 2.83. The zero-order valence-corrected chi connectivity index (χ0v) is 16.7. The summed E-state index contributed by atoms with van der Waals surface area (Å²) in [5.74, 6) is -0.0626. The number of halogens is 4. The van der Waals surface area contributed by atoms with E-state index < -0.39 is 11.7 Å². The summed E-state index contributed by atoms with van der Waals surface area (Å²) in [7, 11) is 0. The van der Waals surface area contributed by atoms with Crippen LogP contribution in [-0.4, -0.2) is 9.97 Å². The number of aromatic nitrogens is 2. The van der Waals surface area contributed by atoms with E-state index in [1.165, 1.54) is 0 Å². The van der Waals surface area contributed by atoms with E-state index in [1.807, 2.05) is 26.0 Å². The first-order valence-corrected chi connectivity index (χ1v) is 9.39. The maximum Gasteiger partial charge on any atom is 0.421 e. The number of rotatable bonds is 6. The number of para-hydroxylation sites is 2. The van der Waals surface area contributed by atoms with E-state index in [4.69, 9.17) is 11.8 Å². The van der Waals surface area contributed by atoms with Gasteiger partial charge in [-0.15, -0.1) is 0 Å². The summed E-state index contributed by atoms with van der Waals surface area (Å²) < 4.78 is 41.8. The molecule has 0 bridgehead atoms. The first-order valence-electron chi connectivity index (χ1n) is 9.06. The van der Waals surface area contributed by atoms with Crippen LogP contribution in [0.15, 0.2) is 60.8 Å². The minimum absolute atomic E-state index is 0.0605. The molecule has 0 fully saturated rings. The van der Waals surface area contributed by atoms with Gasteiger partial charge in [-0.25, -0.2) is 9.40 Å². The highest BCUT2D eigenvalue weighted by Gasteiger charge is 2.36. The van der Waals surface area contributed by atoms with Crippen LogP contribution in [0.1, 0.15) is 25.0 Å². The van der Waals surface area contributed by atoms with Gasteiger partial charge in [-0.05, 0) is 36.1 Å². The first kappa shape index (κ1) is 20.9. The Balaban J connectivity index is 2.02. The summed E-state index contributed by atoms with van der Waals surface area (Å²) in [5.41, 5.74) is 1.05. The molecule has 3 aromatic rings. The second-order valence-electron chi connectivity index (χ2n) is 6.93. The van der Waals surface area contributed by atoms with Crippen molar-refractivity contribution in [3.63, 3.8) is 0 Å². The fourth-order valence-corrected chi connectivity index (χ4v) is 3.03. The molecule has 1 heterocycles. The molecule has 0 atom stereocenters. The molecule has 0 aliphatic carbocycles. The van der Waals surface area contributed by atoms with Crippen LogP contribution in [0.3, 0.4) is 0 Å². The third-order valence-electron chi connectivity index (χ3n) is 4.14. The summed E-state index contributed by atoms with van der Waals surface area (Å²) in [5, 5.41) is 2.84. The second-order valence-corrected chi connectivity index (χ2v) is 7.26. The van der Waals surface area contributed by atoms with Crippen molar-refractivity contribution in [2.45, 2.75) is 26.4 Å². The predicted octanol–water partition coefficient (Wildman–Crippen LogP) is 6.73. The minimum Gasteiger partial charge on any atom is -0.339 e. The first-order chi connectivity index (χ1) is 13.8. The average Bonchev–Trinajstić information content (AvgIpc) is 2.68. The van der Waals surface area contributed by atoms with Crippen LogP contribution < -0.4 is 9.74 Å². The molecular formula is C21H20ClF3N4. The molecule has 29 heavy (non-hydrogen) atoms. The smallest absolute Gasteiger partial charge is 0.339 e. The van der Waals surface area contributed by atoms with Crippen LogP contribution in [0.25, 0.3) is 0 Å². The Hall–Kier alpha value is -2.80. The number of nitrogens with one attached hydrogen (secondary N) is 1. The maximum atomic E-state index is 13.6. The van der Waals surface area contributed by atoms with Crippen LogP contribution >= 0.6 is 11.8 Å². The normalized spacial score (nSPS) is 11.6. The topological polar surface area (TPSA) is 41.1 Å².